The molecule has 3 aromatic rings. The molecule has 7 nitrogen and oxygen atoms in total. The average Bonchev–Trinajstić information content (AvgIpc) is 3.15. The fourth-order valence-electron chi connectivity index (χ4n) is 3.07. The Labute approximate surface area is 185 Å². The summed E-state index contributed by atoms with van der Waals surface area (Å²) in [6.45, 7) is 4.15. The number of aliphatic hydroxyl groups is 1. The number of aromatic nitrogens is 2. The molecule has 0 fully saturated rings. The van der Waals surface area contributed by atoms with Gasteiger partial charge in [0.1, 0.15) is 6.54 Å². The summed E-state index contributed by atoms with van der Waals surface area (Å²) in [5.74, 6) is -0.218. The molecule has 162 valence electrons. The Morgan fingerprint density at radius 1 is 1.10 bits per heavy atom. The summed E-state index contributed by atoms with van der Waals surface area (Å²) in [4.78, 5) is 29.1. The summed E-state index contributed by atoms with van der Waals surface area (Å²) in [5.41, 5.74) is 4.43. The predicted octanol–water partition coefficient (Wildman–Crippen LogP) is 3.04. The van der Waals surface area contributed by atoms with Crippen molar-refractivity contribution in [3.05, 3.63) is 77.1 Å². The molecule has 0 aliphatic rings. The van der Waals surface area contributed by atoms with Gasteiger partial charge in [-0.1, -0.05) is 59.8 Å². The minimum absolute atomic E-state index is 0.0176. The van der Waals surface area contributed by atoms with Crippen LogP contribution in [0, 0.1) is 13.8 Å². The van der Waals surface area contributed by atoms with Gasteiger partial charge >= 0.3 is 0 Å². The van der Waals surface area contributed by atoms with Crippen LogP contribution >= 0.6 is 11.8 Å². The maximum Gasteiger partial charge on any atom is 0.240 e. The largest absolute Gasteiger partial charge is 0.390 e. The number of anilines is 1. The monoisotopic (exact) mass is 438 g/mol. The summed E-state index contributed by atoms with van der Waals surface area (Å²) in [7, 11) is 0. The van der Waals surface area contributed by atoms with Crippen LogP contribution in [0.15, 0.2) is 59.9 Å². The summed E-state index contributed by atoms with van der Waals surface area (Å²) < 4.78 is 1.63. The van der Waals surface area contributed by atoms with E-state index in [1.807, 2.05) is 62.4 Å². The van der Waals surface area contributed by atoms with Crippen LogP contribution in [0.25, 0.3) is 0 Å². The number of carbonyl (C=O) groups is 2. The molecule has 2 amide bonds. The van der Waals surface area contributed by atoms with Crippen LogP contribution in [0.4, 0.5) is 5.69 Å². The second-order valence-electron chi connectivity index (χ2n) is 7.19. The standard InChI is InChI=1S/C23H26N4O3S/c1-16-8-9-20(17(2)10-16)26-22(30)15-31-23-25-12-19(14-28)27(23)13-21(29)24-11-18-6-4-3-5-7-18/h3-10,12,28H,11,13-15H2,1-2H3,(H,24,29)(H,26,30). The van der Waals surface area contributed by atoms with Gasteiger partial charge < -0.3 is 20.3 Å². The lowest BCUT2D eigenvalue weighted by atomic mass is 10.1. The van der Waals surface area contributed by atoms with Crippen molar-refractivity contribution in [3.63, 3.8) is 0 Å². The molecule has 0 saturated heterocycles. The summed E-state index contributed by atoms with van der Waals surface area (Å²) in [6.07, 6.45) is 1.52. The molecule has 2 aromatic carbocycles. The van der Waals surface area contributed by atoms with Gasteiger partial charge in [0, 0.05) is 12.2 Å². The summed E-state index contributed by atoms with van der Waals surface area (Å²) in [6, 6.07) is 15.5. The van der Waals surface area contributed by atoms with Crippen molar-refractivity contribution in [1.82, 2.24) is 14.9 Å². The van der Waals surface area contributed by atoms with E-state index in [1.54, 1.807) is 4.57 Å². The molecule has 0 saturated carbocycles. The van der Waals surface area contributed by atoms with Crippen LogP contribution in [0.3, 0.4) is 0 Å². The first-order chi connectivity index (χ1) is 15.0. The number of thioether (sulfide) groups is 1. The van der Waals surface area contributed by atoms with Gasteiger partial charge in [-0.05, 0) is 31.0 Å². The molecule has 8 heteroatoms. The highest BCUT2D eigenvalue weighted by molar-refractivity contribution is 7.99. The van der Waals surface area contributed by atoms with Crippen LogP contribution in [-0.2, 0) is 29.3 Å². The minimum Gasteiger partial charge on any atom is -0.390 e. The van der Waals surface area contributed by atoms with Crippen molar-refractivity contribution in [3.8, 4) is 0 Å². The Hall–Kier alpha value is -3.10. The van der Waals surface area contributed by atoms with E-state index in [0.29, 0.717) is 17.4 Å². The molecule has 1 heterocycles. The van der Waals surface area contributed by atoms with E-state index >= 15 is 0 Å². The summed E-state index contributed by atoms with van der Waals surface area (Å²) in [5, 5.41) is 15.9. The Bertz CT molecular complexity index is 1050. The molecule has 0 aliphatic heterocycles. The maximum atomic E-state index is 12.4. The Kier molecular flexibility index (Phi) is 7.86. The zero-order valence-electron chi connectivity index (χ0n) is 17.6. The van der Waals surface area contributed by atoms with Gasteiger partial charge in [-0.2, -0.15) is 0 Å². The van der Waals surface area contributed by atoms with Gasteiger partial charge in [0.05, 0.1) is 24.3 Å². The number of hydrogen-bond acceptors (Lipinski definition) is 5. The fourth-order valence-corrected chi connectivity index (χ4v) is 3.87. The second-order valence-corrected chi connectivity index (χ2v) is 8.14. The topological polar surface area (TPSA) is 96.2 Å². The van der Waals surface area contributed by atoms with E-state index < -0.39 is 0 Å². The van der Waals surface area contributed by atoms with Crippen molar-refractivity contribution in [2.75, 3.05) is 11.1 Å². The second kappa shape index (κ2) is 10.8. The van der Waals surface area contributed by atoms with Gasteiger partial charge in [-0.25, -0.2) is 4.98 Å². The van der Waals surface area contributed by atoms with E-state index in [9.17, 15) is 14.7 Å². The first kappa shape index (κ1) is 22.6. The molecular weight excluding hydrogens is 412 g/mol. The van der Waals surface area contributed by atoms with Gasteiger partial charge in [-0.15, -0.1) is 0 Å². The number of imidazole rings is 1. The highest BCUT2D eigenvalue weighted by Crippen LogP contribution is 2.21. The number of aliphatic hydroxyl groups excluding tert-OH is 1. The Morgan fingerprint density at radius 3 is 2.58 bits per heavy atom. The molecular formula is C23H26N4O3S. The van der Waals surface area contributed by atoms with Gasteiger partial charge in [0.25, 0.3) is 0 Å². The molecule has 0 unspecified atom stereocenters. The maximum absolute atomic E-state index is 12.4. The highest BCUT2D eigenvalue weighted by Gasteiger charge is 2.15. The molecule has 3 rings (SSSR count). The van der Waals surface area contributed by atoms with Crippen molar-refractivity contribution >= 4 is 29.3 Å². The van der Waals surface area contributed by atoms with Gasteiger partial charge in [0.15, 0.2) is 5.16 Å². The SMILES string of the molecule is Cc1ccc(NC(=O)CSc2ncc(CO)n2CC(=O)NCc2ccccc2)c(C)c1. The molecule has 1 aromatic heterocycles. The van der Waals surface area contributed by atoms with Crippen molar-refractivity contribution < 1.29 is 14.7 Å². The molecule has 0 spiro atoms. The van der Waals surface area contributed by atoms with Crippen molar-refractivity contribution in [1.29, 1.82) is 0 Å². The van der Waals surface area contributed by atoms with Crippen molar-refractivity contribution in [2.24, 2.45) is 0 Å². The van der Waals surface area contributed by atoms with Gasteiger partial charge in [0.2, 0.25) is 11.8 Å². The van der Waals surface area contributed by atoms with Gasteiger partial charge in [-0.3, -0.25) is 9.59 Å². The normalized spacial score (nSPS) is 10.7. The number of nitrogens with zero attached hydrogens (tertiary/aromatic N) is 2. The third-order valence-corrected chi connectivity index (χ3v) is 5.68. The molecule has 3 N–H and O–H groups in total. The number of nitrogens with one attached hydrogen (secondary N) is 2. The Morgan fingerprint density at radius 2 is 1.87 bits per heavy atom. The quantitative estimate of drug-likeness (QED) is 0.446. The van der Waals surface area contributed by atoms with Crippen LogP contribution in [-0.4, -0.2) is 32.2 Å². The third-order valence-electron chi connectivity index (χ3n) is 4.69. The predicted molar refractivity (Wildman–Crippen MR) is 122 cm³/mol. The lowest BCUT2D eigenvalue weighted by Crippen LogP contribution is -2.28. The van der Waals surface area contributed by atoms with E-state index in [4.69, 9.17) is 0 Å². The molecule has 31 heavy (non-hydrogen) atoms. The number of amides is 2. The fraction of sp³-hybridized carbons (Fsp3) is 0.261. The van der Waals surface area contributed by atoms with E-state index in [2.05, 4.69) is 15.6 Å². The molecule has 0 atom stereocenters. The lowest BCUT2D eigenvalue weighted by Gasteiger charge is -2.12. The zero-order chi connectivity index (χ0) is 22.2. The van der Waals surface area contributed by atoms with Crippen LogP contribution in [0.2, 0.25) is 0 Å². The van der Waals surface area contributed by atoms with E-state index in [0.717, 1.165) is 22.4 Å². The van der Waals surface area contributed by atoms with Crippen LogP contribution < -0.4 is 10.6 Å². The van der Waals surface area contributed by atoms with Crippen LogP contribution in [0.1, 0.15) is 22.4 Å². The number of carbonyl (C=O) groups excluding carboxylic acids is 2. The third kappa shape index (κ3) is 6.44. The number of hydrogen-bond donors (Lipinski definition) is 3. The smallest absolute Gasteiger partial charge is 0.240 e. The molecule has 0 bridgehead atoms. The van der Waals surface area contributed by atoms with E-state index in [-0.39, 0.29) is 30.7 Å². The zero-order valence-corrected chi connectivity index (χ0v) is 18.4. The summed E-state index contributed by atoms with van der Waals surface area (Å²) >= 11 is 1.22. The lowest BCUT2D eigenvalue weighted by molar-refractivity contribution is -0.122. The molecule has 0 aliphatic carbocycles. The molecule has 0 radical (unpaired) electrons. The van der Waals surface area contributed by atoms with Crippen molar-refractivity contribution in [2.45, 2.75) is 38.7 Å². The first-order valence-corrected chi connectivity index (χ1v) is 10.9. The minimum atomic E-state index is -0.242. The Balaban J connectivity index is 1.58. The highest BCUT2D eigenvalue weighted by atomic mass is 32.2. The van der Waals surface area contributed by atoms with Crippen LogP contribution in [0.5, 0.6) is 0 Å². The number of benzene rings is 2. The van der Waals surface area contributed by atoms with E-state index in [1.165, 1.54) is 18.0 Å². The first-order valence-electron chi connectivity index (χ1n) is 9.92. The number of rotatable bonds is 9. The number of aryl methyl sites for hydroxylation is 2. The average molecular weight is 439 g/mol.